The summed E-state index contributed by atoms with van der Waals surface area (Å²) in [6.45, 7) is 3.82. The van der Waals surface area contributed by atoms with Crippen LogP contribution in [0.4, 0.5) is 10.5 Å². The van der Waals surface area contributed by atoms with E-state index in [1.54, 1.807) is 31.4 Å². The van der Waals surface area contributed by atoms with Crippen molar-refractivity contribution in [3.8, 4) is 5.75 Å². The number of benzene rings is 2. The number of rotatable bonds is 5. The lowest BCUT2D eigenvalue weighted by atomic mass is 10.1. The van der Waals surface area contributed by atoms with Crippen molar-refractivity contribution < 1.29 is 14.3 Å². The number of amides is 3. The van der Waals surface area contributed by atoms with Gasteiger partial charge in [-0.15, -0.1) is 0 Å². The number of hydrogen-bond donors (Lipinski definition) is 2. The van der Waals surface area contributed by atoms with Crippen molar-refractivity contribution in [2.24, 2.45) is 5.73 Å². The van der Waals surface area contributed by atoms with Crippen molar-refractivity contribution in [3.63, 3.8) is 0 Å². The van der Waals surface area contributed by atoms with Gasteiger partial charge in [0, 0.05) is 44.0 Å². The molecule has 0 atom stereocenters. The molecule has 7 heteroatoms. The Labute approximate surface area is 158 Å². The molecular formula is C20H24N4O3. The predicted octanol–water partition coefficient (Wildman–Crippen LogP) is 2.14. The van der Waals surface area contributed by atoms with E-state index in [9.17, 15) is 9.59 Å². The lowest BCUT2D eigenvalue weighted by molar-refractivity contribution is 0.0628. The van der Waals surface area contributed by atoms with Crippen LogP contribution in [0.1, 0.15) is 15.9 Å². The van der Waals surface area contributed by atoms with Crippen molar-refractivity contribution in [2.75, 3.05) is 38.6 Å². The molecule has 0 aromatic heterocycles. The molecule has 27 heavy (non-hydrogen) atoms. The van der Waals surface area contributed by atoms with Crippen molar-refractivity contribution in [3.05, 3.63) is 59.7 Å². The van der Waals surface area contributed by atoms with Crippen LogP contribution in [0.25, 0.3) is 0 Å². The Bertz CT molecular complexity index is 799. The first-order valence-corrected chi connectivity index (χ1v) is 8.86. The van der Waals surface area contributed by atoms with Crippen LogP contribution in [0.3, 0.4) is 0 Å². The SMILES string of the molecule is COc1ccc(CN2CCN(C(=O)c3cccc(NC(N)=O)c3)CC2)cc1. The lowest BCUT2D eigenvalue weighted by Crippen LogP contribution is -2.48. The molecule has 1 saturated heterocycles. The maximum Gasteiger partial charge on any atom is 0.316 e. The van der Waals surface area contributed by atoms with Crippen LogP contribution in [-0.4, -0.2) is 55.0 Å². The number of primary amides is 1. The van der Waals surface area contributed by atoms with Crippen LogP contribution in [0.5, 0.6) is 5.75 Å². The summed E-state index contributed by atoms with van der Waals surface area (Å²) < 4.78 is 5.18. The molecule has 1 aliphatic heterocycles. The number of methoxy groups -OCH3 is 1. The van der Waals surface area contributed by atoms with E-state index in [1.807, 2.05) is 17.0 Å². The molecule has 142 valence electrons. The first-order chi connectivity index (χ1) is 13.0. The highest BCUT2D eigenvalue weighted by Gasteiger charge is 2.22. The summed E-state index contributed by atoms with van der Waals surface area (Å²) in [6.07, 6.45) is 0. The Morgan fingerprint density at radius 1 is 1.07 bits per heavy atom. The zero-order chi connectivity index (χ0) is 19.2. The van der Waals surface area contributed by atoms with Gasteiger partial charge in [-0.05, 0) is 35.9 Å². The fraction of sp³-hybridized carbons (Fsp3) is 0.300. The van der Waals surface area contributed by atoms with Crippen LogP contribution in [0.2, 0.25) is 0 Å². The number of nitrogens with zero attached hydrogens (tertiary/aromatic N) is 2. The molecular weight excluding hydrogens is 344 g/mol. The van der Waals surface area contributed by atoms with Crippen LogP contribution in [0, 0.1) is 0 Å². The highest BCUT2D eigenvalue weighted by atomic mass is 16.5. The van der Waals surface area contributed by atoms with Crippen molar-refractivity contribution in [2.45, 2.75) is 6.54 Å². The molecule has 3 N–H and O–H groups in total. The number of urea groups is 1. The van der Waals surface area contributed by atoms with E-state index in [-0.39, 0.29) is 5.91 Å². The highest BCUT2D eigenvalue weighted by Crippen LogP contribution is 2.16. The van der Waals surface area contributed by atoms with Gasteiger partial charge in [0.1, 0.15) is 5.75 Å². The second kappa shape index (κ2) is 8.55. The van der Waals surface area contributed by atoms with Crippen LogP contribution in [0.15, 0.2) is 48.5 Å². The Kier molecular flexibility index (Phi) is 5.93. The summed E-state index contributed by atoms with van der Waals surface area (Å²) in [6, 6.07) is 14.2. The van der Waals surface area contributed by atoms with Gasteiger partial charge < -0.3 is 20.7 Å². The van der Waals surface area contributed by atoms with Gasteiger partial charge in [0.25, 0.3) is 5.91 Å². The molecule has 1 heterocycles. The van der Waals surface area contributed by atoms with E-state index in [0.29, 0.717) is 24.3 Å². The minimum absolute atomic E-state index is 0.0350. The van der Waals surface area contributed by atoms with Gasteiger partial charge in [-0.1, -0.05) is 18.2 Å². The average molecular weight is 368 g/mol. The third-order valence-electron chi connectivity index (χ3n) is 4.60. The summed E-state index contributed by atoms with van der Waals surface area (Å²) in [5.74, 6) is 0.814. The van der Waals surface area contributed by atoms with Gasteiger partial charge in [-0.25, -0.2) is 4.79 Å². The summed E-state index contributed by atoms with van der Waals surface area (Å²) in [7, 11) is 1.66. The first kappa shape index (κ1) is 18.7. The van der Waals surface area contributed by atoms with Crippen molar-refractivity contribution in [1.29, 1.82) is 0 Å². The number of anilines is 1. The number of hydrogen-bond acceptors (Lipinski definition) is 4. The molecule has 0 bridgehead atoms. The number of piperazine rings is 1. The smallest absolute Gasteiger partial charge is 0.316 e. The lowest BCUT2D eigenvalue weighted by Gasteiger charge is -2.34. The molecule has 1 aliphatic rings. The largest absolute Gasteiger partial charge is 0.497 e. The highest BCUT2D eigenvalue weighted by molar-refractivity contribution is 5.96. The van der Waals surface area contributed by atoms with Crippen molar-refractivity contribution in [1.82, 2.24) is 9.80 Å². The molecule has 3 rings (SSSR count). The number of carbonyl (C=O) groups is 2. The van der Waals surface area contributed by atoms with Gasteiger partial charge >= 0.3 is 6.03 Å². The van der Waals surface area contributed by atoms with Crippen LogP contribution in [-0.2, 0) is 6.54 Å². The summed E-state index contributed by atoms with van der Waals surface area (Å²) in [4.78, 5) is 27.9. The molecule has 2 aromatic carbocycles. The second-order valence-corrected chi connectivity index (χ2v) is 6.49. The Morgan fingerprint density at radius 2 is 1.78 bits per heavy atom. The second-order valence-electron chi connectivity index (χ2n) is 6.49. The predicted molar refractivity (Wildman–Crippen MR) is 104 cm³/mol. The third-order valence-corrected chi connectivity index (χ3v) is 4.60. The zero-order valence-corrected chi connectivity index (χ0v) is 15.4. The molecule has 0 aliphatic carbocycles. The molecule has 0 saturated carbocycles. The maximum atomic E-state index is 12.7. The average Bonchev–Trinajstić information content (AvgIpc) is 2.68. The molecule has 0 radical (unpaired) electrons. The van der Waals surface area contributed by atoms with E-state index in [2.05, 4.69) is 22.3 Å². The summed E-state index contributed by atoms with van der Waals surface area (Å²) in [5.41, 5.74) is 7.42. The van der Waals surface area contributed by atoms with E-state index in [1.165, 1.54) is 5.56 Å². The minimum Gasteiger partial charge on any atom is -0.497 e. The van der Waals surface area contributed by atoms with E-state index in [4.69, 9.17) is 10.5 Å². The fourth-order valence-corrected chi connectivity index (χ4v) is 3.15. The molecule has 0 unspecified atom stereocenters. The molecule has 3 amide bonds. The third kappa shape index (κ3) is 4.98. The summed E-state index contributed by atoms with van der Waals surface area (Å²) >= 11 is 0. The van der Waals surface area contributed by atoms with E-state index in [0.717, 1.165) is 25.4 Å². The van der Waals surface area contributed by atoms with Crippen molar-refractivity contribution >= 4 is 17.6 Å². The maximum absolute atomic E-state index is 12.7. The van der Waals surface area contributed by atoms with Gasteiger partial charge in [-0.3, -0.25) is 9.69 Å². The molecule has 0 spiro atoms. The normalized spacial score (nSPS) is 14.6. The van der Waals surface area contributed by atoms with Crippen LogP contribution >= 0.6 is 0 Å². The standard InChI is InChI=1S/C20H24N4O3/c1-27-18-7-5-15(6-8-18)14-23-9-11-24(12-10-23)19(25)16-3-2-4-17(13-16)22-20(21)26/h2-8,13H,9-12,14H2,1H3,(H3,21,22,26). The Hall–Kier alpha value is -3.06. The fourth-order valence-electron chi connectivity index (χ4n) is 3.15. The van der Waals surface area contributed by atoms with E-state index < -0.39 is 6.03 Å². The molecule has 1 fully saturated rings. The van der Waals surface area contributed by atoms with Crippen LogP contribution < -0.4 is 15.8 Å². The quantitative estimate of drug-likeness (QED) is 0.846. The van der Waals surface area contributed by atoms with E-state index >= 15 is 0 Å². The Morgan fingerprint density at radius 3 is 2.41 bits per heavy atom. The number of carbonyl (C=O) groups excluding carboxylic acids is 2. The number of nitrogens with one attached hydrogen (secondary N) is 1. The van der Waals surface area contributed by atoms with Gasteiger partial charge in [-0.2, -0.15) is 0 Å². The molecule has 2 aromatic rings. The van der Waals surface area contributed by atoms with Gasteiger partial charge in [0.05, 0.1) is 7.11 Å². The summed E-state index contributed by atoms with van der Waals surface area (Å²) in [5, 5.41) is 2.50. The monoisotopic (exact) mass is 368 g/mol. The minimum atomic E-state index is -0.647. The van der Waals surface area contributed by atoms with Gasteiger partial charge in [0.15, 0.2) is 0 Å². The first-order valence-electron chi connectivity index (χ1n) is 8.86. The Balaban J connectivity index is 1.55. The number of ether oxygens (including phenoxy) is 1. The number of nitrogens with two attached hydrogens (primary N) is 1. The zero-order valence-electron chi connectivity index (χ0n) is 15.4. The molecule has 7 nitrogen and oxygen atoms in total. The van der Waals surface area contributed by atoms with Gasteiger partial charge in [0.2, 0.25) is 0 Å². The topological polar surface area (TPSA) is 87.9 Å².